The van der Waals surface area contributed by atoms with Crippen LogP contribution in [0.15, 0.2) is 34.9 Å². The number of carbonyl (C=O) groups is 1. The first-order valence-electron chi connectivity index (χ1n) is 7.91. The lowest BCUT2D eigenvalue weighted by atomic mass is 10.3. The van der Waals surface area contributed by atoms with Crippen molar-refractivity contribution >= 4 is 17.5 Å². The summed E-state index contributed by atoms with van der Waals surface area (Å²) < 4.78 is 10.8. The molecule has 24 heavy (non-hydrogen) atoms. The Kier molecular flexibility index (Phi) is 5.37. The molecule has 0 spiro atoms. The maximum Gasteiger partial charge on any atom is 0.260 e. The highest BCUT2D eigenvalue weighted by Crippen LogP contribution is 2.23. The van der Waals surface area contributed by atoms with E-state index in [2.05, 4.69) is 10.1 Å². The van der Waals surface area contributed by atoms with Gasteiger partial charge in [-0.25, -0.2) is 0 Å². The fourth-order valence-electron chi connectivity index (χ4n) is 2.66. The minimum atomic E-state index is -0.0231. The van der Waals surface area contributed by atoms with Crippen molar-refractivity contribution in [1.82, 2.24) is 15.0 Å². The second-order valence-electron chi connectivity index (χ2n) is 5.81. The molecule has 0 N–H and O–H groups in total. The third kappa shape index (κ3) is 4.27. The minimum Gasteiger partial charge on any atom is -0.482 e. The van der Waals surface area contributed by atoms with E-state index in [1.165, 1.54) is 0 Å². The molecule has 6 nitrogen and oxygen atoms in total. The molecule has 0 atom stereocenters. The predicted molar refractivity (Wildman–Crippen MR) is 90.0 cm³/mol. The van der Waals surface area contributed by atoms with Crippen molar-refractivity contribution in [3.05, 3.63) is 46.8 Å². The van der Waals surface area contributed by atoms with Gasteiger partial charge in [0.2, 0.25) is 0 Å². The van der Waals surface area contributed by atoms with Gasteiger partial charge in [-0.15, -0.1) is 0 Å². The standard InChI is InChI=1S/C17H20ClN3O3/c1-13-10-14(24-19-13)11-20-6-8-21(9-7-20)17(22)12-23-16-5-3-2-4-15(16)18/h2-5,10H,6-9,11-12H2,1H3. The predicted octanol–water partition coefficient (Wildman–Crippen LogP) is 2.36. The summed E-state index contributed by atoms with van der Waals surface area (Å²) in [4.78, 5) is 16.3. The molecule has 1 aromatic heterocycles. The van der Waals surface area contributed by atoms with E-state index in [0.717, 1.165) is 31.1 Å². The number of aryl methyl sites for hydroxylation is 1. The molecule has 1 aliphatic heterocycles. The zero-order valence-corrected chi connectivity index (χ0v) is 14.3. The molecule has 1 aromatic carbocycles. The van der Waals surface area contributed by atoms with Gasteiger partial charge in [-0.2, -0.15) is 0 Å². The monoisotopic (exact) mass is 349 g/mol. The van der Waals surface area contributed by atoms with Gasteiger partial charge in [0.05, 0.1) is 17.3 Å². The molecule has 0 bridgehead atoms. The third-order valence-corrected chi connectivity index (χ3v) is 4.28. The van der Waals surface area contributed by atoms with E-state index in [4.69, 9.17) is 20.9 Å². The Balaban J connectivity index is 1.44. The molecule has 0 unspecified atom stereocenters. The van der Waals surface area contributed by atoms with Gasteiger partial charge < -0.3 is 14.2 Å². The largest absolute Gasteiger partial charge is 0.482 e. The van der Waals surface area contributed by atoms with Crippen LogP contribution in [-0.2, 0) is 11.3 Å². The Morgan fingerprint density at radius 3 is 2.71 bits per heavy atom. The number of halogens is 1. The first-order chi connectivity index (χ1) is 11.6. The number of hydrogen-bond donors (Lipinski definition) is 0. The van der Waals surface area contributed by atoms with Crippen molar-refractivity contribution in [3.63, 3.8) is 0 Å². The lowest BCUT2D eigenvalue weighted by molar-refractivity contribution is -0.135. The number of aromatic nitrogens is 1. The molecule has 0 radical (unpaired) electrons. The Hall–Kier alpha value is -2.05. The minimum absolute atomic E-state index is 0.00499. The molecule has 0 saturated carbocycles. The van der Waals surface area contributed by atoms with Crippen LogP contribution in [-0.4, -0.2) is 53.6 Å². The first kappa shape index (κ1) is 16.8. The summed E-state index contributed by atoms with van der Waals surface area (Å²) in [6.45, 7) is 5.59. The molecular weight excluding hydrogens is 330 g/mol. The molecule has 1 aliphatic rings. The maximum atomic E-state index is 12.3. The Morgan fingerprint density at radius 1 is 1.29 bits per heavy atom. The Labute approximate surface area is 145 Å². The van der Waals surface area contributed by atoms with Crippen LogP contribution in [0.5, 0.6) is 5.75 Å². The molecular formula is C17H20ClN3O3. The van der Waals surface area contributed by atoms with Gasteiger partial charge in [0, 0.05) is 32.2 Å². The van der Waals surface area contributed by atoms with Gasteiger partial charge in [0.15, 0.2) is 12.4 Å². The fraction of sp³-hybridized carbons (Fsp3) is 0.412. The highest BCUT2D eigenvalue weighted by atomic mass is 35.5. The average molecular weight is 350 g/mol. The van der Waals surface area contributed by atoms with Crippen molar-refractivity contribution in [1.29, 1.82) is 0 Å². The highest BCUT2D eigenvalue weighted by molar-refractivity contribution is 6.32. The van der Waals surface area contributed by atoms with Crippen LogP contribution < -0.4 is 4.74 Å². The first-order valence-corrected chi connectivity index (χ1v) is 8.29. The molecule has 2 aromatic rings. The molecule has 2 heterocycles. The lowest BCUT2D eigenvalue weighted by Gasteiger charge is -2.34. The van der Waals surface area contributed by atoms with E-state index >= 15 is 0 Å². The van der Waals surface area contributed by atoms with Crippen LogP contribution in [0.3, 0.4) is 0 Å². The third-order valence-electron chi connectivity index (χ3n) is 3.97. The van der Waals surface area contributed by atoms with Crippen molar-refractivity contribution in [2.75, 3.05) is 32.8 Å². The van der Waals surface area contributed by atoms with Gasteiger partial charge in [-0.1, -0.05) is 28.9 Å². The lowest BCUT2D eigenvalue weighted by Crippen LogP contribution is -2.49. The molecule has 1 amide bonds. The van der Waals surface area contributed by atoms with E-state index in [0.29, 0.717) is 23.9 Å². The topological polar surface area (TPSA) is 58.8 Å². The van der Waals surface area contributed by atoms with Gasteiger partial charge in [0.1, 0.15) is 5.75 Å². The summed E-state index contributed by atoms with van der Waals surface area (Å²) in [6.07, 6.45) is 0. The van der Waals surface area contributed by atoms with Gasteiger partial charge in [-0.3, -0.25) is 9.69 Å². The number of rotatable bonds is 5. The number of piperazine rings is 1. The normalized spacial score (nSPS) is 15.5. The SMILES string of the molecule is Cc1cc(CN2CCN(C(=O)COc3ccccc3Cl)CC2)on1. The zero-order chi connectivity index (χ0) is 16.9. The van der Waals surface area contributed by atoms with Crippen molar-refractivity contribution in [2.45, 2.75) is 13.5 Å². The number of carbonyl (C=O) groups excluding carboxylic acids is 1. The van der Waals surface area contributed by atoms with Crippen LogP contribution in [0, 0.1) is 6.92 Å². The van der Waals surface area contributed by atoms with Crippen LogP contribution in [0.25, 0.3) is 0 Å². The zero-order valence-electron chi connectivity index (χ0n) is 13.6. The van der Waals surface area contributed by atoms with Gasteiger partial charge >= 0.3 is 0 Å². The van der Waals surface area contributed by atoms with Crippen molar-refractivity contribution in [3.8, 4) is 5.75 Å². The molecule has 1 fully saturated rings. The van der Waals surface area contributed by atoms with Gasteiger partial charge in [-0.05, 0) is 19.1 Å². The molecule has 128 valence electrons. The van der Waals surface area contributed by atoms with Crippen LogP contribution in [0.4, 0.5) is 0 Å². The van der Waals surface area contributed by atoms with Crippen molar-refractivity contribution < 1.29 is 14.1 Å². The summed E-state index contributed by atoms with van der Waals surface area (Å²) in [5.41, 5.74) is 0.885. The van der Waals surface area contributed by atoms with E-state index in [1.54, 1.807) is 12.1 Å². The molecule has 3 rings (SSSR count). The second-order valence-corrected chi connectivity index (χ2v) is 6.22. The van der Waals surface area contributed by atoms with Crippen molar-refractivity contribution in [2.24, 2.45) is 0 Å². The van der Waals surface area contributed by atoms with E-state index in [-0.39, 0.29) is 12.5 Å². The summed E-state index contributed by atoms with van der Waals surface area (Å²) in [6, 6.07) is 9.09. The number of benzene rings is 1. The number of ether oxygens (including phenoxy) is 1. The average Bonchev–Trinajstić information content (AvgIpc) is 2.99. The second kappa shape index (κ2) is 7.68. The Bertz CT molecular complexity index is 696. The Morgan fingerprint density at radius 2 is 2.04 bits per heavy atom. The highest BCUT2D eigenvalue weighted by Gasteiger charge is 2.22. The summed E-state index contributed by atoms with van der Waals surface area (Å²) in [5.74, 6) is 1.37. The fourth-order valence-corrected chi connectivity index (χ4v) is 2.85. The number of hydrogen-bond acceptors (Lipinski definition) is 5. The van der Waals surface area contributed by atoms with E-state index in [9.17, 15) is 4.79 Å². The quantitative estimate of drug-likeness (QED) is 0.829. The van der Waals surface area contributed by atoms with E-state index < -0.39 is 0 Å². The van der Waals surface area contributed by atoms with Crippen LogP contribution >= 0.6 is 11.6 Å². The molecule has 0 aliphatic carbocycles. The molecule has 7 heteroatoms. The van der Waals surface area contributed by atoms with E-state index in [1.807, 2.05) is 30.0 Å². The summed E-state index contributed by atoms with van der Waals surface area (Å²) >= 11 is 6.02. The van der Waals surface area contributed by atoms with Crippen LogP contribution in [0.2, 0.25) is 5.02 Å². The van der Waals surface area contributed by atoms with Gasteiger partial charge in [0.25, 0.3) is 5.91 Å². The summed E-state index contributed by atoms with van der Waals surface area (Å²) in [7, 11) is 0. The molecule has 1 saturated heterocycles. The number of amides is 1. The van der Waals surface area contributed by atoms with Crippen LogP contribution in [0.1, 0.15) is 11.5 Å². The smallest absolute Gasteiger partial charge is 0.260 e. The maximum absolute atomic E-state index is 12.3. The summed E-state index contributed by atoms with van der Waals surface area (Å²) in [5, 5.41) is 4.40. The number of para-hydroxylation sites is 1. The number of nitrogens with zero attached hydrogens (tertiary/aromatic N) is 3.